The van der Waals surface area contributed by atoms with Crippen molar-refractivity contribution in [1.82, 2.24) is 5.32 Å². The van der Waals surface area contributed by atoms with Gasteiger partial charge >= 0.3 is 6.03 Å². The van der Waals surface area contributed by atoms with Crippen molar-refractivity contribution in [3.05, 3.63) is 45.8 Å². The molecule has 1 heterocycles. The van der Waals surface area contributed by atoms with E-state index < -0.39 is 11.9 Å². The van der Waals surface area contributed by atoms with Gasteiger partial charge in [-0.15, -0.1) is 11.3 Å². The van der Waals surface area contributed by atoms with Crippen LogP contribution in [0.4, 0.5) is 9.80 Å². The highest BCUT2D eigenvalue weighted by Gasteiger charge is 2.28. The van der Waals surface area contributed by atoms with Crippen LogP contribution >= 0.6 is 11.3 Å². The molecule has 154 valence electrons. The number of ether oxygens (including phenoxy) is 1. The number of primary amides is 1. The highest BCUT2D eigenvalue weighted by atomic mass is 32.1. The lowest BCUT2D eigenvalue weighted by atomic mass is 10.1. The molecule has 0 saturated carbocycles. The molecule has 2 aromatic rings. The summed E-state index contributed by atoms with van der Waals surface area (Å²) >= 11 is 1.37. The van der Waals surface area contributed by atoms with E-state index >= 15 is 0 Å². The van der Waals surface area contributed by atoms with Crippen molar-refractivity contribution < 1.29 is 19.1 Å². The van der Waals surface area contributed by atoms with Gasteiger partial charge in [0.05, 0.1) is 12.2 Å². The van der Waals surface area contributed by atoms with E-state index in [0.29, 0.717) is 28.5 Å². The molecule has 0 unspecified atom stereocenters. The van der Waals surface area contributed by atoms with Crippen molar-refractivity contribution in [2.75, 3.05) is 11.9 Å². The first-order chi connectivity index (χ1) is 14.0. The third-order valence-corrected chi connectivity index (χ3v) is 5.93. The maximum atomic E-state index is 12.8. The average Bonchev–Trinajstić information content (AvgIpc) is 3.25. The molecule has 0 aliphatic heterocycles. The molecule has 1 aromatic carbocycles. The molecule has 29 heavy (non-hydrogen) atoms. The summed E-state index contributed by atoms with van der Waals surface area (Å²) in [6.45, 7) is 2.73. The Bertz CT molecular complexity index is 923. The summed E-state index contributed by atoms with van der Waals surface area (Å²) in [6.07, 6.45) is 5.72. The Morgan fingerprint density at radius 2 is 2.00 bits per heavy atom. The number of urea groups is 1. The maximum absolute atomic E-state index is 12.8. The Kier molecular flexibility index (Phi) is 6.87. The Labute approximate surface area is 173 Å². The molecule has 0 radical (unpaired) electrons. The number of fused-ring (bicyclic) bond motifs is 1. The van der Waals surface area contributed by atoms with Crippen molar-refractivity contribution in [2.45, 2.75) is 45.4 Å². The van der Waals surface area contributed by atoms with Crippen molar-refractivity contribution in [3.8, 4) is 5.75 Å². The first kappa shape index (κ1) is 20.9. The number of benzene rings is 1. The summed E-state index contributed by atoms with van der Waals surface area (Å²) in [7, 11) is 0. The standard InChI is InChI=1S/C21H25N3O4S/c1-2-3-4-11-28-14-8-5-7-13(12-14)18(25)23-20-17(19(26)24-21(22)27)15-9-6-10-16(15)29-20/h5,7-8,12H,2-4,6,9-11H2,1H3,(H,23,25)(H3,22,24,26,27). The normalized spacial score (nSPS) is 12.3. The van der Waals surface area contributed by atoms with Gasteiger partial charge in [-0.25, -0.2) is 4.79 Å². The van der Waals surface area contributed by atoms with Crippen molar-refractivity contribution in [1.29, 1.82) is 0 Å². The van der Waals surface area contributed by atoms with Crippen molar-refractivity contribution in [3.63, 3.8) is 0 Å². The number of hydrogen-bond acceptors (Lipinski definition) is 5. The number of anilines is 1. The van der Waals surface area contributed by atoms with Gasteiger partial charge in [-0.2, -0.15) is 0 Å². The van der Waals surface area contributed by atoms with Crippen LogP contribution in [0.3, 0.4) is 0 Å². The zero-order valence-corrected chi connectivity index (χ0v) is 17.2. The monoisotopic (exact) mass is 415 g/mol. The van der Waals surface area contributed by atoms with E-state index in [1.54, 1.807) is 18.2 Å². The number of carbonyl (C=O) groups is 3. The number of amides is 4. The van der Waals surface area contributed by atoms with E-state index in [4.69, 9.17) is 10.5 Å². The molecule has 0 atom stereocenters. The van der Waals surface area contributed by atoms with Crippen LogP contribution in [-0.2, 0) is 12.8 Å². The number of unbranched alkanes of at least 4 members (excludes halogenated alkanes) is 2. The van der Waals surface area contributed by atoms with Crippen LogP contribution in [0.2, 0.25) is 0 Å². The van der Waals surface area contributed by atoms with Crippen LogP contribution in [0.15, 0.2) is 24.3 Å². The number of aryl methyl sites for hydroxylation is 1. The molecule has 7 nitrogen and oxygen atoms in total. The average molecular weight is 416 g/mol. The van der Waals surface area contributed by atoms with Gasteiger partial charge < -0.3 is 15.8 Å². The fourth-order valence-electron chi connectivity index (χ4n) is 3.35. The van der Waals surface area contributed by atoms with Gasteiger partial charge in [0.2, 0.25) is 0 Å². The summed E-state index contributed by atoms with van der Waals surface area (Å²) in [5, 5.41) is 5.37. The molecule has 0 bridgehead atoms. The van der Waals surface area contributed by atoms with Gasteiger partial charge in [0, 0.05) is 10.4 Å². The van der Waals surface area contributed by atoms with Gasteiger partial charge in [0.1, 0.15) is 10.8 Å². The zero-order chi connectivity index (χ0) is 20.8. The molecule has 0 spiro atoms. The number of imide groups is 1. The SMILES string of the molecule is CCCCCOc1cccc(C(=O)Nc2sc3c(c2C(=O)NC(N)=O)CCC3)c1. The predicted molar refractivity (Wildman–Crippen MR) is 113 cm³/mol. The molecule has 1 aliphatic carbocycles. The molecule has 0 saturated heterocycles. The van der Waals surface area contributed by atoms with E-state index in [1.807, 2.05) is 6.07 Å². The number of nitrogens with one attached hydrogen (secondary N) is 2. The lowest BCUT2D eigenvalue weighted by Crippen LogP contribution is -2.35. The largest absolute Gasteiger partial charge is 0.494 e. The number of thiophene rings is 1. The maximum Gasteiger partial charge on any atom is 0.319 e. The molecule has 1 aliphatic rings. The molecule has 0 fully saturated rings. The summed E-state index contributed by atoms with van der Waals surface area (Å²) in [5.41, 5.74) is 6.75. The van der Waals surface area contributed by atoms with Gasteiger partial charge in [-0.05, 0) is 49.4 Å². The number of rotatable bonds is 8. The second-order valence-corrected chi connectivity index (χ2v) is 8.02. The Morgan fingerprint density at radius 3 is 2.76 bits per heavy atom. The van der Waals surface area contributed by atoms with Gasteiger partial charge in [-0.3, -0.25) is 14.9 Å². The second kappa shape index (κ2) is 9.56. The molecule has 4 N–H and O–H groups in total. The molecular formula is C21H25N3O4S. The van der Waals surface area contributed by atoms with E-state index in [9.17, 15) is 14.4 Å². The predicted octanol–water partition coefficient (Wildman–Crippen LogP) is 3.87. The Hall–Kier alpha value is -2.87. The Morgan fingerprint density at radius 1 is 1.17 bits per heavy atom. The van der Waals surface area contributed by atoms with Crippen LogP contribution in [0.25, 0.3) is 0 Å². The lowest BCUT2D eigenvalue weighted by molar-refractivity contribution is 0.0966. The first-order valence-corrected chi connectivity index (χ1v) is 10.6. The number of hydrogen-bond donors (Lipinski definition) is 3. The quantitative estimate of drug-likeness (QED) is 0.568. The molecule has 8 heteroatoms. The Balaban J connectivity index is 1.76. The number of carbonyl (C=O) groups excluding carboxylic acids is 3. The molecule has 1 aromatic heterocycles. The van der Waals surface area contributed by atoms with E-state index in [0.717, 1.165) is 49.0 Å². The van der Waals surface area contributed by atoms with Crippen molar-refractivity contribution >= 4 is 34.2 Å². The topological polar surface area (TPSA) is 111 Å². The van der Waals surface area contributed by atoms with Gasteiger partial charge in [-0.1, -0.05) is 25.8 Å². The van der Waals surface area contributed by atoms with E-state index in [1.165, 1.54) is 11.3 Å². The van der Waals surface area contributed by atoms with Crippen LogP contribution < -0.4 is 21.1 Å². The molecular weight excluding hydrogens is 390 g/mol. The van der Waals surface area contributed by atoms with Crippen LogP contribution in [-0.4, -0.2) is 24.5 Å². The fraction of sp³-hybridized carbons (Fsp3) is 0.381. The van der Waals surface area contributed by atoms with Crippen LogP contribution in [0.5, 0.6) is 5.75 Å². The minimum Gasteiger partial charge on any atom is -0.494 e. The highest BCUT2D eigenvalue weighted by molar-refractivity contribution is 7.17. The lowest BCUT2D eigenvalue weighted by Gasteiger charge is -2.10. The smallest absolute Gasteiger partial charge is 0.319 e. The molecule has 3 rings (SSSR count). The van der Waals surface area contributed by atoms with Gasteiger partial charge in [0.15, 0.2) is 0 Å². The first-order valence-electron chi connectivity index (χ1n) is 9.79. The van der Waals surface area contributed by atoms with Gasteiger partial charge in [0.25, 0.3) is 11.8 Å². The fourth-order valence-corrected chi connectivity index (χ4v) is 4.63. The summed E-state index contributed by atoms with van der Waals surface area (Å²) < 4.78 is 5.71. The summed E-state index contributed by atoms with van der Waals surface area (Å²) in [5.74, 6) is -0.286. The number of nitrogens with two attached hydrogens (primary N) is 1. The third kappa shape index (κ3) is 5.14. The minimum atomic E-state index is -0.918. The van der Waals surface area contributed by atoms with E-state index in [2.05, 4.69) is 17.6 Å². The van der Waals surface area contributed by atoms with Crippen LogP contribution in [0, 0.1) is 0 Å². The highest BCUT2D eigenvalue weighted by Crippen LogP contribution is 2.39. The zero-order valence-electron chi connectivity index (χ0n) is 16.4. The third-order valence-electron chi connectivity index (χ3n) is 4.73. The summed E-state index contributed by atoms with van der Waals surface area (Å²) in [6, 6.07) is 6.04. The van der Waals surface area contributed by atoms with Crippen LogP contribution in [0.1, 0.15) is 63.8 Å². The van der Waals surface area contributed by atoms with Crippen molar-refractivity contribution in [2.24, 2.45) is 5.73 Å². The van der Waals surface area contributed by atoms with E-state index in [-0.39, 0.29) is 5.91 Å². The molecule has 4 amide bonds. The second-order valence-electron chi connectivity index (χ2n) is 6.92. The minimum absolute atomic E-state index is 0.335. The summed E-state index contributed by atoms with van der Waals surface area (Å²) in [4.78, 5) is 37.4.